The van der Waals surface area contributed by atoms with Crippen molar-refractivity contribution in [1.82, 2.24) is 14.9 Å². The number of nitrogens with one attached hydrogen (secondary N) is 2. The van der Waals surface area contributed by atoms with Crippen molar-refractivity contribution in [2.24, 2.45) is 4.99 Å². The Morgan fingerprint density at radius 1 is 1.10 bits per heavy atom. The number of aliphatic imine (C=N–C) groups is 1. The van der Waals surface area contributed by atoms with E-state index in [-0.39, 0.29) is 5.54 Å². The van der Waals surface area contributed by atoms with Crippen LogP contribution in [0.2, 0.25) is 5.02 Å². The van der Waals surface area contributed by atoms with Crippen molar-refractivity contribution in [1.29, 1.82) is 0 Å². The number of piperidine rings is 1. The molecular formula is C23H29ClN4O2S. The number of hydrogen-bond acceptors (Lipinski definition) is 5. The van der Waals surface area contributed by atoms with Crippen molar-refractivity contribution < 1.29 is 8.42 Å². The fourth-order valence-electron chi connectivity index (χ4n) is 4.26. The topological polar surface area (TPSA) is 73.8 Å². The van der Waals surface area contributed by atoms with Gasteiger partial charge in [0, 0.05) is 31.2 Å². The molecule has 0 unspecified atom stereocenters. The molecular weight excluding hydrogens is 432 g/mol. The van der Waals surface area contributed by atoms with Crippen molar-refractivity contribution in [3.05, 3.63) is 64.2 Å². The highest BCUT2D eigenvalue weighted by molar-refractivity contribution is 7.89. The Morgan fingerprint density at radius 2 is 1.81 bits per heavy atom. The van der Waals surface area contributed by atoms with Gasteiger partial charge in [-0.1, -0.05) is 29.8 Å². The summed E-state index contributed by atoms with van der Waals surface area (Å²) < 4.78 is 28.0. The third-order valence-corrected chi connectivity index (χ3v) is 8.51. The van der Waals surface area contributed by atoms with Crippen molar-refractivity contribution in [3.8, 4) is 0 Å². The smallest absolute Gasteiger partial charge is 0.243 e. The first-order valence-corrected chi connectivity index (χ1v) is 12.5. The molecule has 2 aromatic rings. The normalized spacial score (nSPS) is 19.3. The van der Waals surface area contributed by atoms with Gasteiger partial charge >= 0.3 is 0 Å². The molecule has 0 saturated carbocycles. The number of sulfonamides is 1. The summed E-state index contributed by atoms with van der Waals surface area (Å²) in [4.78, 5) is 5.13. The van der Waals surface area contributed by atoms with E-state index in [1.807, 2.05) is 44.2 Å². The zero-order valence-electron chi connectivity index (χ0n) is 18.0. The van der Waals surface area contributed by atoms with E-state index in [0.717, 1.165) is 35.6 Å². The molecule has 1 fully saturated rings. The van der Waals surface area contributed by atoms with Crippen LogP contribution in [0.4, 0.5) is 0 Å². The fourth-order valence-corrected chi connectivity index (χ4v) is 5.91. The van der Waals surface area contributed by atoms with Gasteiger partial charge in [-0.3, -0.25) is 4.99 Å². The molecule has 166 valence electrons. The minimum absolute atomic E-state index is 0.306. The SMILES string of the molecule is Cc1ccc(S(=O)(=O)N2CCC3(CC2)NCCN=C3NCc2ccc(Cl)cc2)cc1C. The number of halogens is 1. The van der Waals surface area contributed by atoms with Crippen LogP contribution in [0.1, 0.15) is 29.5 Å². The predicted octanol–water partition coefficient (Wildman–Crippen LogP) is 3.27. The Hall–Kier alpha value is -1.93. The molecule has 8 heteroatoms. The number of nitrogens with zero attached hydrogens (tertiary/aromatic N) is 2. The van der Waals surface area contributed by atoms with Gasteiger partial charge in [0.05, 0.1) is 17.0 Å². The number of amidine groups is 1. The van der Waals surface area contributed by atoms with E-state index in [0.29, 0.717) is 42.4 Å². The molecule has 31 heavy (non-hydrogen) atoms. The zero-order chi connectivity index (χ0) is 22.1. The Balaban J connectivity index is 1.46. The van der Waals surface area contributed by atoms with Crippen LogP contribution in [0, 0.1) is 13.8 Å². The minimum atomic E-state index is -3.50. The first-order chi connectivity index (χ1) is 14.8. The monoisotopic (exact) mass is 460 g/mol. The summed E-state index contributed by atoms with van der Waals surface area (Å²) in [7, 11) is -3.50. The van der Waals surface area contributed by atoms with E-state index >= 15 is 0 Å². The molecule has 1 spiro atoms. The van der Waals surface area contributed by atoms with Crippen LogP contribution >= 0.6 is 11.6 Å². The van der Waals surface area contributed by atoms with E-state index in [2.05, 4.69) is 10.6 Å². The number of rotatable bonds is 4. The maximum atomic E-state index is 13.2. The molecule has 2 aliphatic heterocycles. The minimum Gasteiger partial charge on any atom is -0.368 e. The lowest BCUT2D eigenvalue weighted by atomic mass is 9.85. The standard InChI is InChI=1S/C23H29ClN4O2S/c1-17-3-8-21(15-18(17)2)31(29,30)28-13-9-23(10-14-28)22(25-11-12-27-23)26-16-19-4-6-20(24)7-5-19/h3-8,15,27H,9-14,16H2,1-2H3,(H,25,26). The predicted molar refractivity (Wildman–Crippen MR) is 125 cm³/mol. The summed E-state index contributed by atoms with van der Waals surface area (Å²) in [5.74, 6) is 0.928. The van der Waals surface area contributed by atoms with Gasteiger partial charge in [-0.15, -0.1) is 0 Å². The molecule has 0 aliphatic carbocycles. The maximum Gasteiger partial charge on any atom is 0.243 e. The number of aryl methyl sites for hydroxylation is 2. The molecule has 0 radical (unpaired) electrons. The lowest BCUT2D eigenvalue weighted by Crippen LogP contribution is -2.64. The first-order valence-electron chi connectivity index (χ1n) is 10.7. The largest absolute Gasteiger partial charge is 0.368 e. The van der Waals surface area contributed by atoms with Gasteiger partial charge in [0.15, 0.2) is 0 Å². The highest BCUT2D eigenvalue weighted by Gasteiger charge is 2.43. The molecule has 0 aromatic heterocycles. The van der Waals surface area contributed by atoms with Crippen molar-refractivity contribution >= 4 is 27.5 Å². The van der Waals surface area contributed by atoms with Crippen LogP contribution in [0.25, 0.3) is 0 Å². The molecule has 4 rings (SSSR count). The van der Waals surface area contributed by atoms with Crippen LogP contribution in [-0.4, -0.2) is 50.3 Å². The Labute approximate surface area is 189 Å². The average molecular weight is 461 g/mol. The fraction of sp³-hybridized carbons (Fsp3) is 0.435. The summed E-state index contributed by atoms with van der Waals surface area (Å²) in [5, 5.41) is 7.83. The molecule has 2 aliphatic rings. The van der Waals surface area contributed by atoms with Crippen LogP contribution in [0.15, 0.2) is 52.4 Å². The second-order valence-electron chi connectivity index (χ2n) is 8.37. The summed E-state index contributed by atoms with van der Waals surface area (Å²) in [6.45, 7) is 7.03. The third-order valence-electron chi connectivity index (χ3n) is 6.36. The van der Waals surface area contributed by atoms with Crippen LogP contribution in [-0.2, 0) is 16.6 Å². The molecule has 0 bridgehead atoms. The summed E-state index contributed by atoms with van der Waals surface area (Å²) in [6, 6.07) is 13.1. The Kier molecular flexibility index (Phi) is 6.40. The lowest BCUT2D eigenvalue weighted by Gasteiger charge is -2.44. The lowest BCUT2D eigenvalue weighted by molar-refractivity contribution is 0.241. The molecule has 2 aromatic carbocycles. The summed E-state index contributed by atoms with van der Waals surface area (Å²) >= 11 is 5.98. The van der Waals surface area contributed by atoms with Crippen LogP contribution in [0.5, 0.6) is 0 Å². The van der Waals surface area contributed by atoms with E-state index in [4.69, 9.17) is 16.6 Å². The molecule has 2 N–H and O–H groups in total. The molecule has 1 saturated heterocycles. The average Bonchev–Trinajstić information content (AvgIpc) is 2.76. The Bertz CT molecular complexity index is 1080. The van der Waals surface area contributed by atoms with E-state index < -0.39 is 10.0 Å². The van der Waals surface area contributed by atoms with Gasteiger partial charge in [0.1, 0.15) is 5.84 Å². The van der Waals surface area contributed by atoms with Crippen molar-refractivity contribution in [2.75, 3.05) is 26.2 Å². The van der Waals surface area contributed by atoms with Gasteiger partial charge in [-0.25, -0.2) is 8.42 Å². The van der Waals surface area contributed by atoms with E-state index in [9.17, 15) is 8.42 Å². The van der Waals surface area contributed by atoms with Crippen molar-refractivity contribution in [2.45, 2.75) is 43.7 Å². The third kappa shape index (κ3) is 4.65. The van der Waals surface area contributed by atoms with Gasteiger partial charge in [-0.05, 0) is 67.6 Å². The quantitative estimate of drug-likeness (QED) is 0.734. The van der Waals surface area contributed by atoms with Gasteiger partial charge in [0.2, 0.25) is 10.0 Å². The number of benzene rings is 2. The van der Waals surface area contributed by atoms with E-state index in [1.54, 1.807) is 16.4 Å². The molecule has 0 amide bonds. The number of hydrogen-bond donors (Lipinski definition) is 2. The maximum absolute atomic E-state index is 13.2. The van der Waals surface area contributed by atoms with Crippen molar-refractivity contribution in [3.63, 3.8) is 0 Å². The summed E-state index contributed by atoms with van der Waals surface area (Å²) in [5.41, 5.74) is 2.90. The van der Waals surface area contributed by atoms with Crippen LogP contribution in [0.3, 0.4) is 0 Å². The first kappa shape index (κ1) is 22.3. The molecule has 0 atom stereocenters. The highest BCUT2D eigenvalue weighted by atomic mass is 35.5. The molecule has 6 nitrogen and oxygen atoms in total. The van der Waals surface area contributed by atoms with Gasteiger partial charge in [-0.2, -0.15) is 4.31 Å². The second-order valence-corrected chi connectivity index (χ2v) is 10.7. The van der Waals surface area contributed by atoms with Gasteiger partial charge < -0.3 is 10.6 Å². The highest BCUT2D eigenvalue weighted by Crippen LogP contribution is 2.29. The van der Waals surface area contributed by atoms with Crippen LogP contribution < -0.4 is 10.6 Å². The zero-order valence-corrected chi connectivity index (χ0v) is 19.6. The van der Waals surface area contributed by atoms with E-state index in [1.165, 1.54) is 0 Å². The summed E-state index contributed by atoms with van der Waals surface area (Å²) in [6.07, 6.45) is 1.37. The van der Waals surface area contributed by atoms with Gasteiger partial charge in [0.25, 0.3) is 0 Å². The molecule has 2 heterocycles. The Morgan fingerprint density at radius 3 is 2.48 bits per heavy atom. The second kappa shape index (κ2) is 8.90.